The molecular weight excluding hydrogens is 573 g/mol. The van der Waals surface area contributed by atoms with Crippen LogP contribution in [0, 0.1) is 0 Å². The van der Waals surface area contributed by atoms with Crippen molar-refractivity contribution in [3.63, 3.8) is 0 Å². The first kappa shape index (κ1) is 29.6. The molecule has 0 unspecified atom stereocenters. The van der Waals surface area contributed by atoms with Gasteiger partial charge >= 0.3 is 0 Å². The highest BCUT2D eigenvalue weighted by Gasteiger charge is 2.32. The van der Waals surface area contributed by atoms with Crippen molar-refractivity contribution < 1.29 is 22.7 Å². The van der Waals surface area contributed by atoms with Crippen molar-refractivity contribution in [1.29, 1.82) is 0 Å². The molecule has 202 valence electrons. The molecule has 0 fully saturated rings. The molecule has 0 aliphatic heterocycles. The van der Waals surface area contributed by atoms with Crippen LogP contribution in [0.4, 0.5) is 5.69 Å². The average molecular weight is 599 g/mol. The van der Waals surface area contributed by atoms with Gasteiger partial charge in [-0.05, 0) is 73.2 Å². The quantitative estimate of drug-likeness (QED) is 0.354. The highest BCUT2D eigenvalue weighted by Crippen LogP contribution is 2.28. The SMILES string of the molecule is CNC(=O)[C@@H](C)N(Cc1ccc(Cl)c(Cl)c1)C(=O)CN(c1ccc(Cl)cc1)S(=O)(=O)c1ccc(OC)cc1. The average Bonchev–Trinajstić information content (AvgIpc) is 2.91. The first-order valence-corrected chi connectivity index (χ1v) is 13.9. The second-order valence-corrected chi connectivity index (χ2v) is 11.3. The number of methoxy groups -OCH3 is 1. The van der Waals surface area contributed by atoms with Crippen LogP contribution in [0.1, 0.15) is 12.5 Å². The molecule has 0 aliphatic carbocycles. The zero-order valence-electron chi connectivity index (χ0n) is 20.8. The molecule has 3 rings (SSSR count). The standard InChI is InChI=1S/C26H26Cl3N3O5S/c1-17(26(34)30-2)31(15-18-4-13-23(28)24(29)14-18)25(33)16-32(20-7-5-19(27)6-8-20)38(35,36)22-11-9-21(37-3)10-12-22/h4-14,17H,15-16H2,1-3H3,(H,30,34)/t17-/m1/s1. The van der Waals surface area contributed by atoms with E-state index in [4.69, 9.17) is 39.5 Å². The molecule has 3 aromatic rings. The molecular formula is C26H26Cl3N3O5S. The first-order valence-electron chi connectivity index (χ1n) is 11.3. The van der Waals surface area contributed by atoms with Crippen molar-refractivity contribution in [2.45, 2.75) is 24.4 Å². The van der Waals surface area contributed by atoms with Crippen LogP contribution in [-0.2, 0) is 26.2 Å². The Balaban J connectivity index is 2.03. The molecule has 3 aromatic carbocycles. The molecule has 0 saturated heterocycles. The predicted octanol–water partition coefficient (Wildman–Crippen LogP) is 5.01. The third-order valence-corrected chi connectivity index (χ3v) is 8.57. The van der Waals surface area contributed by atoms with Crippen LogP contribution >= 0.6 is 34.8 Å². The molecule has 0 saturated carbocycles. The lowest BCUT2D eigenvalue weighted by Gasteiger charge is -2.31. The highest BCUT2D eigenvalue weighted by molar-refractivity contribution is 7.92. The Morgan fingerprint density at radius 3 is 2.13 bits per heavy atom. The third-order valence-electron chi connectivity index (χ3n) is 5.79. The molecule has 0 radical (unpaired) electrons. The summed E-state index contributed by atoms with van der Waals surface area (Å²) < 4.78 is 33.6. The van der Waals surface area contributed by atoms with Gasteiger partial charge in [-0.15, -0.1) is 0 Å². The summed E-state index contributed by atoms with van der Waals surface area (Å²) in [6.07, 6.45) is 0. The van der Waals surface area contributed by atoms with E-state index in [1.54, 1.807) is 25.1 Å². The van der Waals surface area contributed by atoms with Crippen LogP contribution in [0.25, 0.3) is 0 Å². The second-order valence-electron chi connectivity index (χ2n) is 8.22. The van der Waals surface area contributed by atoms with E-state index in [1.807, 2.05) is 0 Å². The van der Waals surface area contributed by atoms with Gasteiger partial charge in [0.25, 0.3) is 10.0 Å². The van der Waals surface area contributed by atoms with Gasteiger partial charge in [0, 0.05) is 18.6 Å². The van der Waals surface area contributed by atoms with E-state index in [-0.39, 0.29) is 22.2 Å². The molecule has 2 amide bonds. The number of anilines is 1. The maximum Gasteiger partial charge on any atom is 0.264 e. The minimum atomic E-state index is -4.21. The zero-order chi connectivity index (χ0) is 28.0. The van der Waals surface area contributed by atoms with Crippen LogP contribution in [0.2, 0.25) is 15.1 Å². The Morgan fingerprint density at radius 1 is 0.947 bits per heavy atom. The molecule has 8 nitrogen and oxygen atoms in total. The molecule has 0 aliphatic rings. The molecule has 38 heavy (non-hydrogen) atoms. The molecule has 0 spiro atoms. The number of carbonyl (C=O) groups is 2. The van der Waals surface area contributed by atoms with Gasteiger partial charge in [0.1, 0.15) is 18.3 Å². The van der Waals surface area contributed by atoms with E-state index in [0.29, 0.717) is 21.4 Å². The van der Waals surface area contributed by atoms with Crippen LogP contribution in [0.3, 0.4) is 0 Å². The summed E-state index contributed by atoms with van der Waals surface area (Å²) in [5.41, 5.74) is 0.834. The fourth-order valence-corrected chi connectivity index (χ4v) is 5.50. The van der Waals surface area contributed by atoms with Crippen LogP contribution in [-0.4, -0.2) is 51.9 Å². The monoisotopic (exact) mass is 597 g/mol. The van der Waals surface area contributed by atoms with E-state index in [9.17, 15) is 18.0 Å². The van der Waals surface area contributed by atoms with E-state index < -0.39 is 34.4 Å². The lowest BCUT2D eigenvalue weighted by Crippen LogP contribution is -2.50. The van der Waals surface area contributed by atoms with Crippen molar-refractivity contribution in [2.24, 2.45) is 0 Å². The summed E-state index contributed by atoms with van der Waals surface area (Å²) in [6.45, 7) is 0.957. The Labute approximate surface area is 237 Å². The minimum Gasteiger partial charge on any atom is -0.497 e. The fourth-order valence-electron chi connectivity index (χ4n) is 3.64. The van der Waals surface area contributed by atoms with Crippen molar-refractivity contribution in [1.82, 2.24) is 10.2 Å². The number of halogens is 3. The van der Waals surface area contributed by atoms with Crippen LogP contribution < -0.4 is 14.4 Å². The van der Waals surface area contributed by atoms with Gasteiger partial charge in [0.05, 0.1) is 27.7 Å². The normalized spacial score (nSPS) is 11.9. The molecule has 0 heterocycles. The maximum absolute atomic E-state index is 13.7. The van der Waals surface area contributed by atoms with Crippen molar-refractivity contribution in [3.05, 3.63) is 87.4 Å². The topological polar surface area (TPSA) is 96.0 Å². The first-order chi connectivity index (χ1) is 18.0. The van der Waals surface area contributed by atoms with E-state index in [1.165, 1.54) is 67.6 Å². The number of rotatable bonds is 10. The number of hydrogen-bond donors (Lipinski definition) is 1. The van der Waals surface area contributed by atoms with E-state index >= 15 is 0 Å². The van der Waals surface area contributed by atoms with Crippen molar-refractivity contribution >= 4 is 62.3 Å². The van der Waals surface area contributed by atoms with Gasteiger partial charge in [-0.3, -0.25) is 13.9 Å². The summed E-state index contributed by atoms with van der Waals surface area (Å²) in [6, 6.07) is 15.8. The van der Waals surface area contributed by atoms with Gasteiger partial charge in [-0.2, -0.15) is 0 Å². The summed E-state index contributed by atoms with van der Waals surface area (Å²) >= 11 is 18.2. The Bertz CT molecular complexity index is 1400. The van der Waals surface area contributed by atoms with E-state index in [0.717, 1.165) is 4.31 Å². The summed E-state index contributed by atoms with van der Waals surface area (Å²) in [5, 5.41) is 3.55. The number of hydrogen-bond acceptors (Lipinski definition) is 5. The van der Waals surface area contributed by atoms with Gasteiger partial charge in [-0.1, -0.05) is 40.9 Å². The maximum atomic E-state index is 13.7. The van der Waals surface area contributed by atoms with Gasteiger partial charge in [0.15, 0.2) is 0 Å². The Kier molecular flexibility index (Phi) is 9.89. The number of sulfonamides is 1. The van der Waals surface area contributed by atoms with Gasteiger partial charge < -0.3 is 15.0 Å². The summed E-state index contributed by atoms with van der Waals surface area (Å²) in [7, 11) is -1.29. The number of ether oxygens (including phenoxy) is 1. The predicted molar refractivity (Wildman–Crippen MR) is 150 cm³/mol. The van der Waals surface area contributed by atoms with E-state index in [2.05, 4.69) is 5.32 Å². The molecule has 1 atom stereocenters. The zero-order valence-corrected chi connectivity index (χ0v) is 23.9. The van der Waals surface area contributed by atoms with Gasteiger partial charge in [0.2, 0.25) is 11.8 Å². The second kappa shape index (κ2) is 12.7. The molecule has 12 heteroatoms. The number of benzene rings is 3. The molecule has 0 aromatic heterocycles. The van der Waals surface area contributed by atoms with Crippen LogP contribution in [0.5, 0.6) is 5.75 Å². The number of nitrogens with one attached hydrogen (secondary N) is 1. The smallest absolute Gasteiger partial charge is 0.264 e. The largest absolute Gasteiger partial charge is 0.497 e. The molecule has 0 bridgehead atoms. The van der Waals surface area contributed by atoms with Crippen molar-refractivity contribution in [3.8, 4) is 5.75 Å². The minimum absolute atomic E-state index is 0.0125. The Morgan fingerprint density at radius 2 is 1.58 bits per heavy atom. The number of likely N-dealkylation sites (N-methyl/N-ethyl adjacent to an activating group) is 1. The highest BCUT2D eigenvalue weighted by atomic mass is 35.5. The number of carbonyl (C=O) groups excluding carboxylic acids is 2. The lowest BCUT2D eigenvalue weighted by molar-refractivity contribution is -0.139. The number of nitrogens with zero attached hydrogens (tertiary/aromatic N) is 2. The van der Waals surface area contributed by atoms with Crippen molar-refractivity contribution in [2.75, 3.05) is 25.0 Å². The lowest BCUT2D eigenvalue weighted by atomic mass is 10.1. The fraction of sp³-hybridized carbons (Fsp3) is 0.231. The third kappa shape index (κ3) is 6.91. The summed E-state index contributed by atoms with van der Waals surface area (Å²) in [5.74, 6) is -0.557. The molecule has 1 N–H and O–H groups in total. The Hall–Kier alpha value is -2.98. The van der Waals surface area contributed by atoms with Gasteiger partial charge in [-0.25, -0.2) is 8.42 Å². The summed E-state index contributed by atoms with van der Waals surface area (Å²) in [4.78, 5) is 27.5. The van der Waals surface area contributed by atoms with Crippen LogP contribution in [0.15, 0.2) is 71.6 Å². The number of amides is 2.